The molecule has 1 aromatic carbocycles. The second-order valence-electron chi connectivity index (χ2n) is 4.67. The minimum Gasteiger partial charge on any atom is -0.359 e. The van der Waals surface area contributed by atoms with Crippen LogP contribution in [0.3, 0.4) is 0 Å². The van der Waals surface area contributed by atoms with Crippen LogP contribution in [0.4, 0.5) is 5.82 Å². The number of hydrogen-bond donors (Lipinski definition) is 1. The van der Waals surface area contributed by atoms with Gasteiger partial charge in [0, 0.05) is 30.7 Å². The summed E-state index contributed by atoms with van der Waals surface area (Å²) in [5.74, 6) is 1.75. The number of rotatable bonds is 6. The van der Waals surface area contributed by atoms with Crippen molar-refractivity contribution >= 4 is 21.7 Å². The third kappa shape index (κ3) is 4.28. The van der Waals surface area contributed by atoms with Gasteiger partial charge in [-0.3, -0.25) is 0 Å². The summed E-state index contributed by atoms with van der Waals surface area (Å²) in [5, 5.41) is 0. The topological polar surface area (TPSA) is 55.0 Å². The van der Waals surface area contributed by atoms with Gasteiger partial charge in [0.1, 0.15) is 11.6 Å². The van der Waals surface area contributed by atoms with E-state index in [1.165, 1.54) is 5.56 Å². The first-order chi connectivity index (χ1) is 9.69. The van der Waals surface area contributed by atoms with Crippen molar-refractivity contribution in [2.45, 2.75) is 12.8 Å². The number of benzene rings is 1. The highest BCUT2D eigenvalue weighted by Gasteiger charge is 2.05. The summed E-state index contributed by atoms with van der Waals surface area (Å²) < 4.78 is 1.12. The molecule has 0 fully saturated rings. The molecule has 0 aliphatic heterocycles. The summed E-state index contributed by atoms with van der Waals surface area (Å²) in [6.07, 6.45) is 3.49. The first-order valence-electron chi connectivity index (χ1n) is 6.66. The van der Waals surface area contributed by atoms with Crippen LogP contribution >= 0.6 is 15.9 Å². The van der Waals surface area contributed by atoms with Gasteiger partial charge in [0.15, 0.2) is 0 Å². The maximum absolute atomic E-state index is 5.54. The van der Waals surface area contributed by atoms with Crippen molar-refractivity contribution in [2.75, 3.05) is 25.0 Å². The Balaban J connectivity index is 1.97. The SMILES string of the molecule is CN(CCc1cccc(Br)c1)c1ccnc(CCN)n1. The van der Waals surface area contributed by atoms with Crippen LogP contribution in [0.25, 0.3) is 0 Å². The summed E-state index contributed by atoms with van der Waals surface area (Å²) in [7, 11) is 2.05. The van der Waals surface area contributed by atoms with Crippen LogP contribution in [-0.2, 0) is 12.8 Å². The van der Waals surface area contributed by atoms with Gasteiger partial charge in [-0.25, -0.2) is 9.97 Å². The summed E-state index contributed by atoms with van der Waals surface area (Å²) in [5.41, 5.74) is 6.85. The number of nitrogens with zero attached hydrogens (tertiary/aromatic N) is 3. The predicted molar refractivity (Wildman–Crippen MR) is 85.9 cm³/mol. The molecule has 0 amide bonds. The maximum Gasteiger partial charge on any atom is 0.131 e. The maximum atomic E-state index is 5.54. The Morgan fingerprint density at radius 1 is 1.25 bits per heavy atom. The van der Waals surface area contributed by atoms with E-state index in [4.69, 9.17) is 5.73 Å². The normalized spacial score (nSPS) is 10.6. The van der Waals surface area contributed by atoms with E-state index in [9.17, 15) is 0 Å². The monoisotopic (exact) mass is 334 g/mol. The van der Waals surface area contributed by atoms with Gasteiger partial charge < -0.3 is 10.6 Å². The molecular weight excluding hydrogens is 316 g/mol. The number of nitrogens with two attached hydrogens (primary N) is 1. The largest absolute Gasteiger partial charge is 0.359 e. The van der Waals surface area contributed by atoms with Crippen LogP contribution in [-0.4, -0.2) is 30.1 Å². The standard InChI is InChI=1S/C15H19BrN4/c1-20(10-7-12-3-2-4-13(16)11-12)15-6-9-18-14(19-15)5-8-17/h2-4,6,9,11H,5,7-8,10,17H2,1H3. The van der Waals surface area contributed by atoms with Crippen molar-refractivity contribution < 1.29 is 0 Å². The average molecular weight is 335 g/mol. The average Bonchev–Trinajstić information content (AvgIpc) is 2.45. The summed E-state index contributed by atoms with van der Waals surface area (Å²) in [6, 6.07) is 10.3. The first kappa shape index (κ1) is 14.9. The van der Waals surface area contributed by atoms with Gasteiger partial charge in [0.25, 0.3) is 0 Å². The second kappa shape index (κ2) is 7.36. The molecule has 2 N–H and O–H groups in total. The van der Waals surface area contributed by atoms with Crippen LogP contribution < -0.4 is 10.6 Å². The summed E-state index contributed by atoms with van der Waals surface area (Å²) >= 11 is 3.49. The van der Waals surface area contributed by atoms with Crippen molar-refractivity contribution in [1.82, 2.24) is 9.97 Å². The molecule has 0 bridgehead atoms. The van der Waals surface area contributed by atoms with Gasteiger partial charge in [-0.2, -0.15) is 0 Å². The van der Waals surface area contributed by atoms with E-state index in [-0.39, 0.29) is 0 Å². The Hall–Kier alpha value is -1.46. The third-order valence-electron chi connectivity index (χ3n) is 3.07. The van der Waals surface area contributed by atoms with Crippen LogP contribution in [0.2, 0.25) is 0 Å². The fourth-order valence-corrected chi connectivity index (χ4v) is 2.40. The third-order valence-corrected chi connectivity index (χ3v) is 3.57. The number of aromatic nitrogens is 2. The predicted octanol–water partition coefficient (Wildman–Crippen LogP) is 2.42. The highest BCUT2D eigenvalue weighted by Crippen LogP contribution is 2.14. The van der Waals surface area contributed by atoms with E-state index in [1.807, 2.05) is 19.2 Å². The zero-order chi connectivity index (χ0) is 14.4. The van der Waals surface area contributed by atoms with E-state index >= 15 is 0 Å². The lowest BCUT2D eigenvalue weighted by atomic mass is 10.1. The minimum atomic E-state index is 0.575. The molecule has 4 nitrogen and oxygen atoms in total. The molecule has 2 rings (SSSR count). The highest BCUT2D eigenvalue weighted by atomic mass is 79.9. The molecule has 0 aliphatic carbocycles. The van der Waals surface area contributed by atoms with Gasteiger partial charge in [-0.15, -0.1) is 0 Å². The molecule has 0 atom stereocenters. The quantitative estimate of drug-likeness (QED) is 0.881. The van der Waals surface area contributed by atoms with Crippen molar-refractivity contribution in [3.8, 4) is 0 Å². The van der Waals surface area contributed by atoms with Crippen LogP contribution in [0.1, 0.15) is 11.4 Å². The lowest BCUT2D eigenvalue weighted by Gasteiger charge is -2.18. The Morgan fingerprint density at radius 3 is 2.85 bits per heavy atom. The fourth-order valence-electron chi connectivity index (χ4n) is 1.95. The lowest BCUT2D eigenvalue weighted by molar-refractivity contribution is 0.820. The van der Waals surface area contributed by atoms with Crippen molar-refractivity contribution in [3.63, 3.8) is 0 Å². The Bertz CT molecular complexity index is 559. The van der Waals surface area contributed by atoms with E-state index in [0.717, 1.165) is 29.1 Å². The van der Waals surface area contributed by atoms with Crippen molar-refractivity contribution in [1.29, 1.82) is 0 Å². The molecule has 0 spiro atoms. The molecule has 0 aliphatic rings. The Labute approximate surface area is 128 Å². The molecular formula is C15H19BrN4. The fraction of sp³-hybridized carbons (Fsp3) is 0.333. The minimum absolute atomic E-state index is 0.575. The van der Waals surface area contributed by atoms with Gasteiger partial charge in [0.2, 0.25) is 0 Å². The number of likely N-dealkylation sites (N-methyl/N-ethyl adjacent to an activating group) is 1. The number of hydrogen-bond acceptors (Lipinski definition) is 4. The van der Waals surface area contributed by atoms with Gasteiger partial charge in [-0.05, 0) is 36.7 Å². The number of anilines is 1. The molecule has 0 saturated heterocycles. The Morgan fingerprint density at radius 2 is 2.10 bits per heavy atom. The molecule has 1 heterocycles. The molecule has 1 aromatic heterocycles. The molecule has 0 unspecified atom stereocenters. The van der Waals surface area contributed by atoms with Gasteiger partial charge in [-0.1, -0.05) is 28.1 Å². The summed E-state index contributed by atoms with van der Waals surface area (Å²) in [4.78, 5) is 10.9. The summed E-state index contributed by atoms with van der Waals surface area (Å²) in [6.45, 7) is 1.49. The van der Waals surface area contributed by atoms with Crippen LogP contribution in [0.5, 0.6) is 0 Å². The lowest BCUT2D eigenvalue weighted by Crippen LogP contribution is -2.22. The van der Waals surface area contributed by atoms with Gasteiger partial charge in [0.05, 0.1) is 0 Å². The molecule has 5 heteroatoms. The zero-order valence-electron chi connectivity index (χ0n) is 11.6. The number of halogens is 1. The molecule has 0 saturated carbocycles. The smallest absolute Gasteiger partial charge is 0.131 e. The zero-order valence-corrected chi connectivity index (χ0v) is 13.2. The van der Waals surface area contributed by atoms with Crippen LogP contribution in [0, 0.1) is 0 Å². The van der Waals surface area contributed by atoms with E-state index in [1.54, 1.807) is 6.20 Å². The molecule has 20 heavy (non-hydrogen) atoms. The van der Waals surface area contributed by atoms with Crippen LogP contribution in [0.15, 0.2) is 41.0 Å². The molecule has 106 valence electrons. The van der Waals surface area contributed by atoms with Crippen molar-refractivity contribution in [3.05, 3.63) is 52.4 Å². The van der Waals surface area contributed by atoms with E-state index < -0.39 is 0 Å². The van der Waals surface area contributed by atoms with E-state index in [2.05, 4.69) is 49.0 Å². The Kier molecular flexibility index (Phi) is 5.49. The first-order valence-corrected chi connectivity index (χ1v) is 7.46. The van der Waals surface area contributed by atoms with E-state index in [0.29, 0.717) is 13.0 Å². The molecule has 0 radical (unpaired) electrons. The van der Waals surface area contributed by atoms with Crippen molar-refractivity contribution in [2.24, 2.45) is 5.73 Å². The van der Waals surface area contributed by atoms with Gasteiger partial charge >= 0.3 is 0 Å². The second-order valence-corrected chi connectivity index (χ2v) is 5.59. The highest BCUT2D eigenvalue weighted by molar-refractivity contribution is 9.10. The molecule has 2 aromatic rings.